The first-order chi connectivity index (χ1) is 8.29. The fraction of sp³-hybridized carbons (Fsp3) is 0.417. The van der Waals surface area contributed by atoms with E-state index in [2.05, 4.69) is 10.6 Å². The van der Waals surface area contributed by atoms with Crippen molar-refractivity contribution in [3.63, 3.8) is 0 Å². The molecule has 6 heteroatoms. The zero-order valence-corrected chi connectivity index (χ0v) is 11.0. The zero-order chi connectivity index (χ0) is 12.1. The molecule has 0 unspecified atom stereocenters. The maximum Gasteiger partial charge on any atom is 0.231 e. The Morgan fingerprint density at radius 1 is 1.33 bits per heavy atom. The van der Waals surface area contributed by atoms with Crippen molar-refractivity contribution in [3.05, 3.63) is 18.2 Å². The molecule has 5 nitrogen and oxygen atoms in total. The van der Waals surface area contributed by atoms with E-state index in [1.165, 1.54) is 0 Å². The summed E-state index contributed by atoms with van der Waals surface area (Å²) in [5.41, 5.74) is 0.740. The van der Waals surface area contributed by atoms with Crippen molar-refractivity contribution in [3.8, 4) is 11.5 Å². The summed E-state index contributed by atoms with van der Waals surface area (Å²) in [6, 6.07) is 5.38. The predicted octanol–water partition coefficient (Wildman–Crippen LogP) is 1.78. The molecule has 18 heavy (non-hydrogen) atoms. The van der Waals surface area contributed by atoms with Crippen LogP contribution in [0.2, 0.25) is 0 Å². The molecule has 1 aromatic carbocycles. The van der Waals surface area contributed by atoms with E-state index in [0.717, 1.165) is 24.4 Å². The molecule has 0 atom stereocenters. The van der Waals surface area contributed by atoms with E-state index in [0.29, 0.717) is 12.2 Å². The van der Waals surface area contributed by atoms with E-state index in [1.54, 1.807) is 12.1 Å². The molecule has 0 saturated heterocycles. The summed E-state index contributed by atoms with van der Waals surface area (Å²) in [5.74, 6) is 1.41. The molecule has 100 valence electrons. The molecule has 0 fully saturated rings. The summed E-state index contributed by atoms with van der Waals surface area (Å²) < 4.78 is 10.4. The Bertz CT molecular complexity index is 412. The third-order valence-electron chi connectivity index (χ3n) is 2.49. The van der Waals surface area contributed by atoms with Crippen molar-refractivity contribution in [2.75, 3.05) is 25.7 Å². The van der Waals surface area contributed by atoms with E-state index >= 15 is 0 Å². The number of ether oxygens (including phenoxy) is 2. The second-order valence-corrected chi connectivity index (χ2v) is 3.82. The quantitative estimate of drug-likeness (QED) is 0.802. The monoisotopic (exact) mass is 272 g/mol. The first-order valence-corrected chi connectivity index (χ1v) is 5.63. The first kappa shape index (κ1) is 14.6. The number of rotatable bonds is 5. The number of hydrogen-bond donors (Lipinski definition) is 2. The average molecular weight is 273 g/mol. The zero-order valence-electron chi connectivity index (χ0n) is 10.2. The molecule has 0 aliphatic carbocycles. The highest BCUT2D eigenvalue weighted by molar-refractivity contribution is 5.91. The summed E-state index contributed by atoms with van der Waals surface area (Å²) in [6.07, 6.45) is 1.34. The minimum atomic E-state index is 0. The fourth-order valence-electron chi connectivity index (χ4n) is 1.62. The fourth-order valence-corrected chi connectivity index (χ4v) is 1.62. The summed E-state index contributed by atoms with van der Waals surface area (Å²) >= 11 is 0. The smallest absolute Gasteiger partial charge is 0.231 e. The summed E-state index contributed by atoms with van der Waals surface area (Å²) in [5, 5.41) is 5.83. The highest BCUT2D eigenvalue weighted by atomic mass is 35.5. The van der Waals surface area contributed by atoms with Crippen molar-refractivity contribution in [2.24, 2.45) is 0 Å². The third kappa shape index (κ3) is 3.78. The van der Waals surface area contributed by atoms with Gasteiger partial charge in [0.15, 0.2) is 11.5 Å². The highest BCUT2D eigenvalue weighted by Gasteiger charge is 2.13. The average Bonchev–Trinajstić information content (AvgIpc) is 2.76. The van der Waals surface area contributed by atoms with Crippen LogP contribution in [0.1, 0.15) is 12.8 Å². The van der Waals surface area contributed by atoms with Crippen LogP contribution in [0.3, 0.4) is 0 Å². The van der Waals surface area contributed by atoms with Gasteiger partial charge in [0.05, 0.1) is 0 Å². The van der Waals surface area contributed by atoms with Gasteiger partial charge in [0.25, 0.3) is 0 Å². The van der Waals surface area contributed by atoms with Gasteiger partial charge >= 0.3 is 0 Å². The maximum absolute atomic E-state index is 11.6. The second-order valence-electron chi connectivity index (χ2n) is 3.82. The summed E-state index contributed by atoms with van der Waals surface area (Å²) in [7, 11) is 1.87. The number of benzene rings is 1. The second kappa shape index (κ2) is 7.08. The Morgan fingerprint density at radius 2 is 2.11 bits per heavy atom. The van der Waals surface area contributed by atoms with Crippen molar-refractivity contribution in [1.82, 2.24) is 5.32 Å². The van der Waals surface area contributed by atoms with Gasteiger partial charge in [0.1, 0.15) is 0 Å². The number of hydrogen-bond acceptors (Lipinski definition) is 4. The predicted molar refractivity (Wildman–Crippen MR) is 71.6 cm³/mol. The van der Waals surface area contributed by atoms with E-state index in [-0.39, 0.29) is 25.1 Å². The first-order valence-electron chi connectivity index (χ1n) is 5.63. The number of anilines is 1. The van der Waals surface area contributed by atoms with E-state index in [4.69, 9.17) is 9.47 Å². The molecule has 0 spiro atoms. The number of carbonyl (C=O) groups excluding carboxylic acids is 1. The number of nitrogens with one attached hydrogen (secondary N) is 2. The molecule has 1 aliphatic heterocycles. The molecule has 1 aliphatic rings. The molecule has 0 saturated carbocycles. The lowest BCUT2D eigenvalue weighted by Gasteiger charge is -2.05. The van der Waals surface area contributed by atoms with Gasteiger partial charge in [-0.15, -0.1) is 12.4 Å². The molecular formula is C12H17ClN2O3. The molecule has 0 bridgehead atoms. The molecule has 2 N–H and O–H groups in total. The number of carbonyl (C=O) groups is 1. The van der Waals surface area contributed by atoms with Crippen LogP contribution >= 0.6 is 12.4 Å². The highest BCUT2D eigenvalue weighted by Crippen LogP contribution is 2.34. The van der Waals surface area contributed by atoms with Gasteiger partial charge in [-0.05, 0) is 32.1 Å². The van der Waals surface area contributed by atoms with Crippen LogP contribution in [0, 0.1) is 0 Å². The van der Waals surface area contributed by atoms with Crippen molar-refractivity contribution >= 4 is 24.0 Å². The number of fused-ring (bicyclic) bond motifs is 1. The molecule has 1 aromatic rings. The van der Waals surface area contributed by atoms with Gasteiger partial charge < -0.3 is 20.1 Å². The number of amides is 1. The summed E-state index contributed by atoms with van der Waals surface area (Å²) in [4.78, 5) is 11.6. The number of halogens is 1. The van der Waals surface area contributed by atoms with Crippen LogP contribution in [0.5, 0.6) is 11.5 Å². The van der Waals surface area contributed by atoms with Crippen LogP contribution in [-0.4, -0.2) is 26.3 Å². The molecule has 1 heterocycles. The lowest BCUT2D eigenvalue weighted by Crippen LogP contribution is -2.15. The lowest BCUT2D eigenvalue weighted by molar-refractivity contribution is -0.116. The lowest BCUT2D eigenvalue weighted by atomic mass is 10.2. The Labute approximate surface area is 112 Å². The van der Waals surface area contributed by atoms with Gasteiger partial charge in [-0.1, -0.05) is 0 Å². The topological polar surface area (TPSA) is 59.6 Å². The molecule has 1 amide bonds. The largest absolute Gasteiger partial charge is 0.454 e. The van der Waals surface area contributed by atoms with E-state index in [1.807, 2.05) is 13.1 Å². The van der Waals surface area contributed by atoms with Crippen molar-refractivity contribution in [1.29, 1.82) is 0 Å². The van der Waals surface area contributed by atoms with Crippen LogP contribution in [-0.2, 0) is 4.79 Å². The molecular weight excluding hydrogens is 256 g/mol. The molecule has 0 radical (unpaired) electrons. The Hall–Kier alpha value is -1.46. The third-order valence-corrected chi connectivity index (χ3v) is 2.49. The van der Waals surface area contributed by atoms with Crippen LogP contribution in [0.25, 0.3) is 0 Å². The van der Waals surface area contributed by atoms with Gasteiger partial charge in [-0.3, -0.25) is 4.79 Å². The van der Waals surface area contributed by atoms with E-state index in [9.17, 15) is 4.79 Å². The summed E-state index contributed by atoms with van der Waals surface area (Å²) in [6.45, 7) is 1.09. The van der Waals surface area contributed by atoms with Crippen molar-refractivity contribution < 1.29 is 14.3 Å². The maximum atomic E-state index is 11.6. The van der Waals surface area contributed by atoms with Crippen molar-refractivity contribution in [2.45, 2.75) is 12.8 Å². The Morgan fingerprint density at radius 3 is 2.89 bits per heavy atom. The standard InChI is InChI=1S/C12H16N2O3.ClH/c1-13-6-2-3-12(15)14-9-4-5-10-11(7-9)17-8-16-10;/h4-5,7,13H,2-3,6,8H2,1H3,(H,14,15);1H. The van der Waals surface area contributed by atoms with E-state index < -0.39 is 0 Å². The van der Waals surface area contributed by atoms with Gasteiger partial charge in [0.2, 0.25) is 12.7 Å². The normalized spacial score (nSPS) is 11.8. The molecule has 0 aromatic heterocycles. The van der Waals surface area contributed by atoms with Crippen LogP contribution in [0.4, 0.5) is 5.69 Å². The van der Waals surface area contributed by atoms with Crippen LogP contribution < -0.4 is 20.1 Å². The molecule has 2 rings (SSSR count). The minimum Gasteiger partial charge on any atom is -0.454 e. The van der Waals surface area contributed by atoms with Gasteiger partial charge in [-0.25, -0.2) is 0 Å². The SMILES string of the molecule is CNCCCC(=O)Nc1ccc2c(c1)OCO2.Cl. The van der Waals surface area contributed by atoms with Crippen LogP contribution in [0.15, 0.2) is 18.2 Å². The minimum absolute atomic E-state index is 0. The Balaban J connectivity index is 0.00000162. The Kier molecular flexibility index (Phi) is 5.74. The van der Waals surface area contributed by atoms with Gasteiger partial charge in [-0.2, -0.15) is 0 Å². The van der Waals surface area contributed by atoms with Gasteiger partial charge in [0, 0.05) is 18.2 Å².